The minimum Gasteiger partial charge on any atom is -0.497 e. The second kappa shape index (κ2) is 10.3. The van der Waals surface area contributed by atoms with Crippen molar-refractivity contribution in [3.05, 3.63) is 65.8 Å². The van der Waals surface area contributed by atoms with E-state index in [9.17, 15) is 9.59 Å². The highest BCUT2D eigenvalue weighted by molar-refractivity contribution is 6.04. The number of nitrogens with one attached hydrogen (secondary N) is 1. The minimum absolute atomic E-state index is 0.164. The van der Waals surface area contributed by atoms with Crippen molar-refractivity contribution in [2.45, 2.75) is 25.7 Å². The minimum atomic E-state index is -0.385. The molecule has 1 N–H and O–H groups in total. The zero-order valence-electron chi connectivity index (χ0n) is 16.6. The molecule has 6 nitrogen and oxygen atoms in total. The van der Waals surface area contributed by atoms with E-state index in [1.165, 1.54) is 12.3 Å². The Morgan fingerprint density at radius 3 is 2.41 bits per heavy atom. The van der Waals surface area contributed by atoms with E-state index in [-0.39, 0.29) is 17.5 Å². The Bertz CT molecular complexity index is 859. The highest BCUT2D eigenvalue weighted by atomic mass is 16.5. The molecule has 1 fully saturated rings. The molecule has 0 atom stereocenters. The molecular formula is C23H26N2O4. The van der Waals surface area contributed by atoms with Crippen LogP contribution in [0.1, 0.15) is 37.0 Å². The third-order valence-corrected chi connectivity index (χ3v) is 4.75. The Morgan fingerprint density at radius 2 is 1.79 bits per heavy atom. The Balaban J connectivity index is 1.80. The van der Waals surface area contributed by atoms with Gasteiger partial charge in [0.25, 0.3) is 5.91 Å². The molecule has 1 aromatic heterocycles. The number of hydrogen-bond acceptors (Lipinski definition) is 4. The van der Waals surface area contributed by atoms with E-state index in [1.54, 1.807) is 31.4 Å². The summed E-state index contributed by atoms with van der Waals surface area (Å²) in [6.45, 7) is 1.41. The van der Waals surface area contributed by atoms with Crippen molar-refractivity contribution < 1.29 is 18.7 Å². The number of carbonyl (C=O) groups is 2. The number of carbonyl (C=O) groups excluding carboxylic acids is 2. The van der Waals surface area contributed by atoms with E-state index in [1.807, 2.05) is 29.2 Å². The quantitative estimate of drug-likeness (QED) is 0.755. The average molecular weight is 394 g/mol. The van der Waals surface area contributed by atoms with Crippen molar-refractivity contribution in [3.8, 4) is 5.75 Å². The number of furan rings is 1. The van der Waals surface area contributed by atoms with Gasteiger partial charge in [0.1, 0.15) is 17.2 Å². The topological polar surface area (TPSA) is 71.8 Å². The molecule has 0 bridgehead atoms. The van der Waals surface area contributed by atoms with Gasteiger partial charge in [-0.05, 0) is 54.8 Å². The summed E-state index contributed by atoms with van der Waals surface area (Å²) < 4.78 is 10.4. The van der Waals surface area contributed by atoms with Gasteiger partial charge >= 0.3 is 0 Å². The largest absolute Gasteiger partial charge is 0.497 e. The summed E-state index contributed by atoms with van der Waals surface area (Å²) in [6, 6.07) is 10.8. The molecular weight excluding hydrogens is 368 g/mol. The monoisotopic (exact) mass is 394 g/mol. The first-order valence-corrected chi connectivity index (χ1v) is 9.83. The molecule has 0 radical (unpaired) electrons. The molecule has 1 aromatic carbocycles. The van der Waals surface area contributed by atoms with Gasteiger partial charge in [-0.3, -0.25) is 9.59 Å². The van der Waals surface area contributed by atoms with Gasteiger partial charge in [-0.25, -0.2) is 0 Å². The normalized spacial score (nSPS) is 15.2. The van der Waals surface area contributed by atoms with Crippen LogP contribution in [0.5, 0.6) is 5.75 Å². The molecule has 1 saturated heterocycles. The second-order valence-electron chi connectivity index (χ2n) is 6.88. The lowest BCUT2D eigenvalue weighted by atomic mass is 10.1. The van der Waals surface area contributed by atoms with E-state index in [0.29, 0.717) is 18.8 Å². The smallest absolute Gasteiger partial charge is 0.270 e. The van der Waals surface area contributed by atoms with E-state index in [0.717, 1.165) is 37.0 Å². The molecule has 0 spiro atoms. The number of ether oxygens (including phenoxy) is 1. The molecule has 1 aliphatic heterocycles. The van der Waals surface area contributed by atoms with Crippen LogP contribution in [0.3, 0.4) is 0 Å². The fourth-order valence-corrected chi connectivity index (χ4v) is 3.18. The lowest BCUT2D eigenvalue weighted by Gasteiger charge is -2.22. The van der Waals surface area contributed by atoms with Crippen LogP contribution < -0.4 is 10.1 Å². The molecule has 3 rings (SSSR count). The van der Waals surface area contributed by atoms with Crippen LogP contribution >= 0.6 is 0 Å². The second-order valence-corrected chi connectivity index (χ2v) is 6.88. The first kappa shape index (κ1) is 20.5. The van der Waals surface area contributed by atoms with E-state index in [4.69, 9.17) is 9.15 Å². The highest BCUT2D eigenvalue weighted by Gasteiger charge is 2.20. The zero-order valence-corrected chi connectivity index (χ0v) is 16.6. The number of hydrogen-bond donors (Lipinski definition) is 1. The number of benzene rings is 1. The molecule has 2 heterocycles. The molecule has 1 aliphatic rings. The van der Waals surface area contributed by atoms with Crippen LogP contribution in [0.4, 0.5) is 0 Å². The molecule has 29 heavy (non-hydrogen) atoms. The maximum Gasteiger partial charge on any atom is 0.270 e. The van der Waals surface area contributed by atoms with Crippen molar-refractivity contribution in [1.82, 2.24) is 10.2 Å². The SMILES string of the molecule is COc1ccc(/C=C(\NC(=O)/C=C/c2ccco2)C(=O)N2CCCCCC2)cc1. The van der Waals surface area contributed by atoms with Crippen molar-refractivity contribution in [2.75, 3.05) is 20.2 Å². The van der Waals surface area contributed by atoms with Crippen LogP contribution in [0.2, 0.25) is 0 Å². The summed E-state index contributed by atoms with van der Waals surface area (Å²) in [5.41, 5.74) is 1.06. The van der Waals surface area contributed by atoms with Gasteiger partial charge < -0.3 is 19.4 Å². The predicted molar refractivity (Wildman–Crippen MR) is 112 cm³/mol. The predicted octanol–water partition coefficient (Wildman–Crippen LogP) is 3.86. The van der Waals surface area contributed by atoms with Gasteiger partial charge in [0.15, 0.2) is 0 Å². The first-order valence-electron chi connectivity index (χ1n) is 9.83. The lowest BCUT2D eigenvalue weighted by molar-refractivity contribution is -0.128. The van der Waals surface area contributed by atoms with E-state index in [2.05, 4.69) is 5.32 Å². The van der Waals surface area contributed by atoms with E-state index >= 15 is 0 Å². The van der Waals surface area contributed by atoms with Crippen molar-refractivity contribution in [2.24, 2.45) is 0 Å². The summed E-state index contributed by atoms with van der Waals surface area (Å²) in [5.74, 6) is 0.749. The number of rotatable bonds is 6. The molecule has 0 unspecified atom stereocenters. The zero-order chi connectivity index (χ0) is 20.5. The molecule has 2 aromatic rings. The lowest BCUT2D eigenvalue weighted by Crippen LogP contribution is -2.38. The summed E-state index contributed by atoms with van der Waals surface area (Å²) in [6.07, 6.45) is 10.4. The van der Waals surface area contributed by atoms with Gasteiger partial charge in [0, 0.05) is 19.2 Å². The maximum absolute atomic E-state index is 13.1. The third-order valence-electron chi connectivity index (χ3n) is 4.75. The van der Waals surface area contributed by atoms with E-state index < -0.39 is 0 Å². The number of likely N-dealkylation sites (tertiary alicyclic amines) is 1. The fraction of sp³-hybridized carbons (Fsp3) is 0.304. The number of nitrogens with zero attached hydrogens (tertiary/aromatic N) is 1. The van der Waals surface area contributed by atoms with Crippen LogP contribution in [-0.4, -0.2) is 36.9 Å². The Kier molecular flexibility index (Phi) is 7.28. The van der Waals surface area contributed by atoms with Crippen molar-refractivity contribution >= 4 is 24.0 Å². The van der Waals surface area contributed by atoms with Gasteiger partial charge in [-0.1, -0.05) is 25.0 Å². The van der Waals surface area contributed by atoms with Crippen molar-refractivity contribution in [3.63, 3.8) is 0 Å². The third kappa shape index (κ3) is 6.10. The highest BCUT2D eigenvalue weighted by Crippen LogP contribution is 2.16. The number of methoxy groups -OCH3 is 1. The molecule has 152 valence electrons. The molecule has 2 amide bonds. The standard InChI is InChI=1S/C23H26N2O4/c1-28-19-10-8-18(9-11-19)17-21(23(27)25-14-4-2-3-5-15-25)24-22(26)13-12-20-7-6-16-29-20/h6-13,16-17H,2-5,14-15H2,1H3,(H,24,26)/b13-12+,21-17-. The molecule has 0 saturated carbocycles. The van der Waals surface area contributed by atoms with Gasteiger partial charge in [-0.15, -0.1) is 0 Å². The molecule has 6 heteroatoms. The van der Waals surface area contributed by atoms with Gasteiger partial charge in [0.05, 0.1) is 13.4 Å². The Morgan fingerprint density at radius 1 is 1.07 bits per heavy atom. The summed E-state index contributed by atoms with van der Waals surface area (Å²) in [7, 11) is 1.60. The van der Waals surface area contributed by atoms with Gasteiger partial charge in [-0.2, -0.15) is 0 Å². The van der Waals surface area contributed by atoms with Gasteiger partial charge in [0.2, 0.25) is 5.91 Å². The Hall–Kier alpha value is -3.28. The van der Waals surface area contributed by atoms with Crippen LogP contribution in [0.25, 0.3) is 12.2 Å². The summed E-state index contributed by atoms with van der Waals surface area (Å²) >= 11 is 0. The Labute approximate surface area is 170 Å². The van der Waals surface area contributed by atoms with Crippen molar-refractivity contribution in [1.29, 1.82) is 0 Å². The van der Waals surface area contributed by atoms with Crippen LogP contribution in [0, 0.1) is 0 Å². The molecule has 0 aliphatic carbocycles. The maximum atomic E-state index is 13.1. The van der Waals surface area contributed by atoms with Crippen LogP contribution in [-0.2, 0) is 9.59 Å². The number of amides is 2. The summed E-state index contributed by atoms with van der Waals surface area (Å²) in [4.78, 5) is 27.4. The first-order chi connectivity index (χ1) is 14.2. The average Bonchev–Trinajstić information content (AvgIpc) is 3.12. The summed E-state index contributed by atoms with van der Waals surface area (Å²) in [5, 5.41) is 2.75. The fourth-order valence-electron chi connectivity index (χ4n) is 3.18. The van der Waals surface area contributed by atoms with Crippen LogP contribution in [0.15, 0.2) is 58.9 Å².